The van der Waals surface area contributed by atoms with Crippen molar-refractivity contribution < 1.29 is 61.7 Å². The molecule has 0 aliphatic heterocycles. The summed E-state index contributed by atoms with van der Waals surface area (Å²) < 4.78 is 33.0. The maximum Gasteiger partial charge on any atom is 1.00 e. The van der Waals surface area contributed by atoms with Gasteiger partial charge in [-0.3, -0.25) is 4.55 Å². The van der Waals surface area contributed by atoms with Gasteiger partial charge in [-0.1, -0.05) is 77.7 Å². The Hall–Kier alpha value is -0.380. The molecule has 0 aromatic carbocycles. The number of hydrogen-bond acceptors (Lipinski definition) is 6. The smallest absolute Gasteiger partial charge is 0.549 e. The predicted molar refractivity (Wildman–Crippen MR) is 112 cm³/mol. The van der Waals surface area contributed by atoms with Crippen molar-refractivity contribution in [1.29, 1.82) is 0 Å². The molecule has 2 N–H and O–H groups in total. The molecule has 1 aliphatic carbocycles. The first kappa shape index (κ1) is 31.8. The second-order valence-corrected chi connectivity index (χ2v) is 8.49. The van der Waals surface area contributed by atoms with Crippen molar-refractivity contribution in [2.75, 3.05) is 6.61 Å². The zero-order valence-electron chi connectivity index (χ0n) is 18.8. The van der Waals surface area contributed by atoms with Crippen molar-refractivity contribution in [3.8, 4) is 0 Å². The number of carbonyl (C=O) groups is 1. The van der Waals surface area contributed by atoms with E-state index in [4.69, 9.17) is 9.66 Å². The largest absolute Gasteiger partial charge is 1.00 e. The third-order valence-corrected chi connectivity index (χ3v) is 5.48. The predicted octanol–water partition coefficient (Wildman–Crippen LogP) is 1.27. The molecule has 170 valence electrons. The SMILES string of the molecule is CCC1(C(=O)[O-])C=CC(O)=CC1.CCCCCCCCCCCCOS(=O)(=O)O.[Na+]. The summed E-state index contributed by atoms with van der Waals surface area (Å²) in [6, 6.07) is 0. The number of hydrogen-bond donors (Lipinski definition) is 2. The van der Waals surface area contributed by atoms with Crippen molar-refractivity contribution in [3.05, 3.63) is 24.0 Å². The zero-order chi connectivity index (χ0) is 22.2. The maximum absolute atomic E-state index is 10.7. The number of aliphatic carboxylic acids is 1. The van der Waals surface area contributed by atoms with E-state index in [1.54, 1.807) is 6.92 Å². The van der Waals surface area contributed by atoms with Gasteiger partial charge in [0, 0.05) is 5.41 Å². The fraction of sp³-hybridized carbons (Fsp3) is 0.762. The van der Waals surface area contributed by atoms with E-state index in [1.165, 1.54) is 63.2 Å². The molecule has 30 heavy (non-hydrogen) atoms. The van der Waals surface area contributed by atoms with Gasteiger partial charge in [0.1, 0.15) is 5.76 Å². The van der Waals surface area contributed by atoms with Gasteiger partial charge in [-0.25, -0.2) is 4.18 Å². The van der Waals surface area contributed by atoms with Gasteiger partial charge in [-0.15, -0.1) is 0 Å². The van der Waals surface area contributed by atoms with Crippen LogP contribution >= 0.6 is 0 Å². The Balaban J connectivity index is 0. The monoisotopic (exact) mass is 456 g/mol. The number of carbonyl (C=O) groups excluding carboxylic acids is 1. The fourth-order valence-electron chi connectivity index (χ4n) is 2.98. The molecule has 1 rings (SSSR count). The van der Waals surface area contributed by atoms with Crippen LogP contribution in [-0.4, -0.2) is 30.7 Å². The van der Waals surface area contributed by atoms with E-state index >= 15 is 0 Å². The third-order valence-electron chi connectivity index (χ3n) is 5.02. The van der Waals surface area contributed by atoms with Crippen LogP contribution < -0.4 is 34.7 Å². The van der Waals surface area contributed by atoms with Crippen molar-refractivity contribution in [3.63, 3.8) is 0 Å². The molecule has 9 heteroatoms. The van der Waals surface area contributed by atoms with Gasteiger partial charge in [-0.05, 0) is 31.4 Å². The summed E-state index contributed by atoms with van der Waals surface area (Å²) in [6.07, 6.45) is 17.0. The average Bonchev–Trinajstić information content (AvgIpc) is 2.66. The number of allylic oxidation sites excluding steroid dienone is 2. The number of aliphatic hydroxyl groups is 1. The quantitative estimate of drug-likeness (QED) is 0.229. The molecular formula is C21H37NaO7S. The van der Waals surface area contributed by atoms with E-state index in [1.807, 2.05) is 0 Å². The Morgan fingerprint density at radius 3 is 1.93 bits per heavy atom. The molecule has 0 saturated heterocycles. The van der Waals surface area contributed by atoms with E-state index in [9.17, 15) is 18.3 Å². The Morgan fingerprint density at radius 2 is 1.57 bits per heavy atom. The molecule has 1 unspecified atom stereocenters. The van der Waals surface area contributed by atoms with Crippen molar-refractivity contribution in [1.82, 2.24) is 0 Å². The number of unbranched alkanes of at least 4 members (excludes halogenated alkanes) is 9. The van der Waals surface area contributed by atoms with Gasteiger partial charge >= 0.3 is 40.0 Å². The van der Waals surface area contributed by atoms with Crippen LogP contribution in [0.4, 0.5) is 0 Å². The number of carboxylic acids is 1. The molecule has 1 aliphatic rings. The van der Waals surface area contributed by atoms with Crippen LogP contribution in [0.2, 0.25) is 0 Å². The Bertz CT molecular complexity index is 617. The summed E-state index contributed by atoms with van der Waals surface area (Å²) in [5, 5.41) is 19.7. The molecule has 0 spiro atoms. The number of aliphatic hydroxyl groups excluding tert-OH is 1. The molecule has 0 aromatic heterocycles. The molecule has 7 nitrogen and oxygen atoms in total. The van der Waals surface area contributed by atoms with Gasteiger partial charge < -0.3 is 15.0 Å². The van der Waals surface area contributed by atoms with Gasteiger partial charge in [0.05, 0.1) is 12.6 Å². The van der Waals surface area contributed by atoms with Crippen LogP contribution in [0.1, 0.15) is 90.9 Å². The minimum Gasteiger partial charge on any atom is -0.549 e. The molecule has 0 aromatic rings. The molecule has 0 radical (unpaired) electrons. The van der Waals surface area contributed by atoms with E-state index in [0.717, 1.165) is 12.8 Å². The summed E-state index contributed by atoms with van der Waals surface area (Å²) in [7, 11) is -4.23. The van der Waals surface area contributed by atoms with Gasteiger partial charge in [0.15, 0.2) is 0 Å². The van der Waals surface area contributed by atoms with Gasteiger partial charge in [0.2, 0.25) is 0 Å². The molecule has 0 fully saturated rings. The van der Waals surface area contributed by atoms with Gasteiger partial charge in [0.25, 0.3) is 0 Å². The molecule has 0 saturated carbocycles. The number of carboxylic acid groups (broad SMARTS) is 1. The average molecular weight is 457 g/mol. The van der Waals surface area contributed by atoms with Crippen LogP contribution in [0.3, 0.4) is 0 Å². The summed E-state index contributed by atoms with van der Waals surface area (Å²) >= 11 is 0. The summed E-state index contributed by atoms with van der Waals surface area (Å²) in [6.45, 7) is 4.10. The standard InChI is InChI=1S/C12H26O4S.C9H12O3.Na/c1-2-3-4-5-6-7-8-9-10-11-12-16-17(13,14)15;1-2-9(8(11)12)5-3-7(10)4-6-9;/h2-12H2,1H3,(H,13,14,15);3-5,10H,2,6H2,1H3,(H,11,12);/q;;+1/p-1. The van der Waals surface area contributed by atoms with Crippen molar-refractivity contribution >= 4 is 16.4 Å². The summed E-state index contributed by atoms with van der Waals surface area (Å²) in [4.78, 5) is 10.7. The molecule has 0 amide bonds. The molecular weight excluding hydrogens is 419 g/mol. The van der Waals surface area contributed by atoms with Crippen LogP contribution in [0.25, 0.3) is 0 Å². The van der Waals surface area contributed by atoms with Crippen LogP contribution in [0.5, 0.6) is 0 Å². The van der Waals surface area contributed by atoms with Crippen molar-refractivity contribution in [2.24, 2.45) is 5.41 Å². The first-order valence-corrected chi connectivity index (χ1v) is 11.9. The summed E-state index contributed by atoms with van der Waals surface area (Å²) in [5.74, 6) is -0.953. The minimum absolute atomic E-state index is 0. The topological polar surface area (TPSA) is 124 Å². The first-order chi connectivity index (χ1) is 13.7. The zero-order valence-corrected chi connectivity index (χ0v) is 21.6. The molecule has 1 atom stereocenters. The van der Waals surface area contributed by atoms with E-state index in [-0.39, 0.29) is 41.9 Å². The Labute approximate surface area is 204 Å². The van der Waals surface area contributed by atoms with Crippen molar-refractivity contribution in [2.45, 2.75) is 90.9 Å². The van der Waals surface area contributed by atoms with Crippen LogP contribution in [0.15, 0.2) is 24.0 Å². The normalized spacial score (nSPS) is 18.0. The van der Waals surface area contributed by atoms with Crippen LogP contribution in [-0.2, 0) is 19.4 Å². The maximum atomic E-state index is 10.7. The minimum atomic E-state index is -4.23. The molecule has 0 bridgehead atoms. The fourth-order valence-corrected chi connectivity index (χ4v) is 3.31. The Morgan fingerprint density at radius 1 is 1.07 bits per heavy atom. The Kier molecular flexibility index (Phi) is 19.3. The van der Waals surface area contributed by atoms with E-state index in [0.29, 0.717) is 19.3 Å². The number of rotatable bonds is 14. The van der Waals surface area contributed by atoms with E-state index < -0.39 is 21.8 Å². The molecule has 0 heterocycles. The third kappa shape index (κ3) is 16.3. The first-order valence-electron chi connectivity index (χ1n) is 10.6. The van der Waals surface area contributed by atoms with Gasteiger partial charge in [-0.2, -0.15) is 8.42 Å². The second kappa shape index (κ2) is 18.2. The second-order valence-electron chi connectivity index (χ2n) is 7.40. The van der Waals surface area contributed by atoms with E-state index in [2.05, 4.69) is 11.1 Å². The summed E-state index contributed by atoms with van der Waals surface area (Å²) in [5.41, 5.74) is -0.910. The van der Waals surface area contributed by atoms with Crippen LogP contribution in [0, 0.1) is 5.41 Å².